The van der Waals surface area contributed by atoms with E-state index in [1.165, 1.54) is 0 Å². The van der Waals surface area contributed by atoms with Gasteiger partial charge in [-0.25, -0.2) is 4.79 Å². The first-order valence-corrected chi connectivity index (χ1v) is 3.75. The Hall–Kier alpha value is -1.84. The number of carbonyl (C=O) groups excluding carboxylic acids is 1. The molecule has 2 N–H and O–H groups in total. The monoisotopic (exact) mass is 179 g/mol. The van der Waals surface area contributed by atoms with Crippen LogP contribution in [-0.2, 0) is 11.2 Å². The third-order valence-electron chi connectivity index (χ3n) is 1.45. The first kappa shape index (κ1) is 9.25. The first-order chi connectivity index (χ1) is 6.18. The Morgan fingerprint density at radius 3 is 2.38 bits per heavy atom. The summed E-state index contributed by atoms with van der Waals surface area (Å²) < 4.78 is 0. The molecule has 0 radical (unpaired) electrons. The van der Waals surface area contributed by atoms with Gasteiger partial charge in [0.25, 0.3) is 0 Å². The lowest BCUT2D eigenvalue weighted by Crippen LogP contribution is -2.29. The minimum atomic E-state index is -1.32. The van der Waals surface area contributed by atoms with E-state index in [9.17, 15) is 9.59 Å². The van der Waals surface area contributed by atoms with Gasteiger partial charge in [-0.05, 0) is 5.56 Å². The van der Waals surface area contributed by atoms with Gasteiger partial charge in [-0.3, -0.25) is 10.1 Å². The van der Waals surface area contributed by atoms with Crippen molar-refractivity contribution < 1.29 is 14.7 Å². The Bertz CT molecular complexity index is 308. The fourth-order valence-corrected chi connectivity index (χ4v) is 0.945. The number of hydrogen-bond acceptors (Lipinski definition) is 2. The van der Waals surface area contributed by atoms with Crippen LogP contribution < -0.4 is 5.32 Å². The highest BCUT2D eigenvalue weighted by Gasteiger charge is 2.05. The van der Waals surface area contributed by atoms with E-state index in [1.807, 2.05) is 6.07 Å². The molecular formula is C9H9NO3. The molecule has 68 valence electrons. The summed E-state index contributed by atoms with van der Waals surface area (Å²) in [5.74, 6) is -0.515. The Balaban J connectivity index is 2.50. The molecule has 0 unspecified atom stereocenters. The summed E-state index contributed by atoms with van der Waals surface area (Å²) in [7, 11) is 0. The van der Waals surface area contributed by atoms with E-state index in [2.05, 4.69) is 0 Å². The molecule has 0 aromatic heterocycles. The lowest BCUT2D eigenvalue weighted by Gasteiger charge is -1.99. The quantitative estimate of drug-likeness (QED) is 0.712. The van der Waals surface area contributed by atoms with Crippen LogP contribution in [0.15, 0.2) is 30.3 Å². The van der Waals surface area contributed by atoms with Gasteiger partial charge in [0.2, 0.25) is 5.91 Å². The van der Waals surface area contributed by atoms with E-state index >= 15 is 0 Å². The van der Waals surface area contributed by atoms with Crippen LogP contribution in [-0.4, -0.2) is 17.1 Å². The topological polar surface area (TPSA) is 66.4 Å². The SMILES string of the molecule is O=C(O)NC(=O)Cc1ccccc1. The molecule has 0 aliphatic carbocycles. The van der Waals surface area contributed by atoms with Crippen molar-refractivity contribution in [2.24, 2.45) is 0 Å². The zero-order valence-electron chi connectivity index (χ0n) is 6.86. The number of nitrogens with one attached hydrogen (secondary N) is 1. The molecule has 4 heteroatoms. The summed E-state index contributed by atoms with van der Waals surface area (Å²) in [6.07, 6.45) is -1.23. The fourth-order valence-electron chi connectivity index (χ4n) is 0.945. The highest BCUT2D eigenvalue weighted by atomic mass is 16.4. The van der Waals surface area contributed by atoms with Crippen LogP contribution in [0, 0.1) is 0 Å². The summed E-state index contributed by atoms with van der Waals surface area (Å²) in [5.41, 5.74) is 0.793. The lowest BCUT2D eigenvalue weighted by atomic mass is 10.1. The minimum absolute atomic E-state index is 0.0904. The van der Waals surface area contributed by atoms with E-state index in [0.29, 0.717) is 0 Å². The zero-order chi connectivity index (χ0) is 9.68. The normalized spacial score (nSPS) is 9.23. The van der Waals surface area contributed by atoms with Crippen molar-refractivity contribution in [3.63, 3.8) is 0 Å². The predicted molar refractivity (Wildman–Crippen MR) is 46.3 cm³/mol. The largest absolute Gasteiger partial charge is 0.465 e. The molecule has 1 rings (SSSR count). The molecule has 13 heavy (non-hydrogen) atoms. The summed E-state index contributed by atoms with van der Waals surface area (Å²) in [5, 5.41) is 10.00. The zero-order valence-corrected chi connectivity index (χ0v) is 6.86. The van der Waals surface area contributed by atoms with Gasteiger partial charge in [0.05, 0.1) is 6.42 Å². The Morgan fingerprint density at radius 1 is 1.23 bits per heavy atom. The molecule has 0 spiro atoms. The van der Waals surface area contributed by atoms with Crippen LogP contribution in [0.2, 0.25) is 0 Å². The average Bonchev–Trinajstić information content (AvgIpc) is 2.04. The molecule has 0 aliphatic heterocycles. The van der Waals surface area contributed by atoms with Crippen LogP contribution in [0.3, 0.4) is 0 Å². The second kappa shape index (κ2) is 4.25. The maximum atomic E-state index is 10.9. The minimum Gasteiger partial charge on any atom is -0.465 e. The maximum Gasteiger partial charge on any atom is 0.411 e. The van der Waals surface area contributed by atoms with E-state index in [0.717, 1.165) is 5.56 Å². The first-order valence-electron chi connectivity index (χ1n) is 3.75. The second-order valence-electron chi connectivity index (χ2n) is 2.52. The number of imide groups is 1. The van der Waals surface area contributed by atoms with Crippen molar-refractivity contribution >= 4 is 12.0 Å². The molecule has 0 aliphatic rings. The van der Waals surface area contributed by atoms with Crippen molar-refractivity contribution in [3.05, 3.63) is 35.9 Å². The lowest BCUT2D eigenvalue weighted by molar-refractivity contribution is -0.119. The number of amides is 2. The third kappa shape index (κ3) is 3.37. The third-order valence-corrected chi connectivity index (χ3v) is 1.45. The second-order valence-corrected chi connectivity index (χ2v) is 2.52. The molecular weight excluding hydrogens is 170 g/mol. The Morgan fingerprint density at radius 2 is 1.85 bits per heavy atom. The molecule has 0 atom stereocenters. The molecule has 2 amide bonds. The van der Waals surface area contributed by atoms with Gasteiger partial charge in [-0.2, -0.15) is 0 Å². The number of carbonyl (C=O) groups is 2. The number of rotatable bonds is 2. The number of benzene rings is 1. The number of hydrogen-bond donors (Lipinski definition) is 2. The summed E-state index contributed by atoms with van der Waals surface area (Å²) >= 11 is 0. The van der Waals surface area contributed by atoms with E-state index < -0.39 is 12.0 Å². The average molecular weight is 179 g/mol. The van der Waals surface area contributed by atoms with Gasteiger partial charge < -0.3 is 5.11 Å². The van der Waals surface area contributed by atoms with E-state index in [4.69, 9.17) is 5.11 Å². The summed E-state index contributed by atoms with van der Waals surface area (Å²) in [4.78, 5) is 21.0. The highest BCUT2D eigenvalue weighted by molar-refractivity contribution is 5.91. The van der Waals surface area contributed by atoms with Gasteiger partial charge in [0.1, 0.15) is 0 Å². The van der Waals surface area contributed by atoms with Crippen molar-refractivity contribution in [2.75, 3.05) is 0 Å². The van der Waals surface area contributed by atoms with Gasteiger partial charge in [0.15, 0.2) is 0 Å². The Labute approximate surface area is 75.2 Å². The molecule has 1 aromatic rings. The molecule has 0 heterocycles. The van der Waals surface area contributed by atoms with Crippen LogP contribution in [0.25, 0.3) is 0 Å². The van der Waals surface area contributed by atoms with Crippen molar-refractivity contribution in [1.29, 1.82) is 0 Å². The smallest absolute Gasteiger partial charge is 0.411 e. The fraction of sp³-hybridized carbons (Fsp3) is 0.111. The van der Waals surface area contributed by atoms with Crippen molar-refractivity contribution in [2.45, 2.75) is 6.42 Å². The van der Waals surface area contributed by atoms with Crippen LogP contribution in [0.5, 0.6) is 0 Å². The van der Waals surface area contributed by atoms with E-state index in [1.54, 1.807) is 29.6 Å². The van der Waals surface area contributed by atoms with Gasteiger partial charge in [-0.1, -0.05) is 30.3 Å². The Kier molecular flexibility index (Phi) is 3.03. The van der Waals surface area contributed by atoms with Crippen LogP contribution in [0.1, 0.15) is 5.56 Å². The van der Waals surface area contributed by atoms with Crippen molar-refractivity contribution in [3.8, 4) is 0 Å². The standard InChI is InChI=1S/C9H9NO3/c11-8(10-9(12)13)6-7-4-2-1-3-5-7/h1-5H,6H2,(H,10,11)(H,12,13). The maximum absolute atomic E-state index is 10.9. The molecule has 4 nitrogen and oxygen atoms in total. The summed E-state index contributed by atoms with van der Waals surface area (Å²) in [6, 6.07) is 8.95. The molecule has 1 aromatic carbocycles. The molecule has 0 saturated carbocycles. The van der Waals surface area contributed by atoms with E-state index in [-0.39, 0.29) is 6.42 Å². The summed E-state index contributed by atoms with van der Waals surface area (Å²) in [6.45, 7) is 0. The van der Waals surface area contributed by atoms with Crippen LogP contribution in [0.4, 0.5) is 4.79 Å². The van der Waals surface area contributed by atoms with Gasteiger partial charge in [0, 0.05) is 0 Å². The molecule has 0 fully saturated rings. The van der Waals surface area contributed by atoms with Gasteiger partial charge >= 0.3 is 6.09 Å². The van der Waals surface area contributed by atoms with Crippen molar-refractivity contribution in [1.82, 2.24) is 5.32 Å². The number of carboxylic acid groups (broad SMARTS) is 1. The van der Waals surface area contributed by atoms with Crippen LogP contribution >= 0.6 is 0 Å². The highest BCUT2D eigenvalue weighted by Crippen LogP contribution is 1.98. The molecule has 0 bridgehead atoms. The predicted octanol–water partition coefficient (Wildman–Crippen LogP) is 1.02. The molecule has 0 saturated heterocycles. The van der Waals surface area contributed by atoms with Gasteiger partial charge in [-0.15, -0.1) is 0 Å².